The second-order valence-corrected chi connectivity index (χ2v) is 6.85. The third kappa shape index (κ3) is 6.61. The van der Waals surface area contributed by atoms with Crippen molar-refractivity contribution in [2.45, 2.75) is 6.42 Å². The van der Waals surface area contributed by atoms with Crippen molar-refractivity contribution in [2.75, 3.05) is 65.5 Å². The second-order valence-electron chi connectivity index (χ2n) is 6.85. The van der Waals surface area contributed by atoms with Gasteiger partial charge in [-0.3, -0.25) is 14.5 Å². The van der Waals surface area contributed by atoms with Gasteiger partial charge in [0.1, 0.15) is 11.6 Å². The van der Waals surface area contributed by atoms with E-state index in [2.05, 4.69) is 10.2 Å². The van der Waals surface area contributed by atoms with Crippen LogP contribution in [-0.4, -0.2) is 92.0 Å². The molecule has 2 saturated heterocycles. The molecule has 2 amide bonds. The summed E-state index contributed by atoms with van der Waals surface area (Å²) in [6.45, 7) is 6.78. The third-order valence-corrected chi connectivity index (χ3v) is 5.01. The van der Waals surface area contributed by atoms with Gasteiger partial charge in [-0.05, 0) is 24.3 Å². The van der Waals surface area contributed by atoms with Gasteiger partial charge < -0.3 is 19.9 Å². The van der Waals surface area contributed by atoms with Crippen molar-refractivity contribution in [1.82, 2.24) is 20.0 Å². The molecular formula is C19H28ClFN4O3. The van der Waals surface area contributed by atoms with Gasteiger partial charge in [0, 0.05) is 65.3 Å². The van der Waals surface area contributed by atoms with Gasteiger partial charge in [-0.25, -0.2) is 4.39 Å². The van der Waals surface area contributed by atoms with Crippen molar-refractivity contribution >= 4 is 24.2 Å². The van der Waals surface area contributed by atoms with E-state index in [0.29, 0.717) is 25.3 Å². The Morgan fingerprint density at radius 1 is 0.929 bits per heavy atom. The number of carbonyl (C=O) groups excluding carboxylic acids is 2. The number of hydrogen-bond acceptors (Lipinski definition) is 5. The average molecular weight is 415 g/mol. The van der Waals surface area contributed by atoms with Crippen LogP contribution in [0.2, 0.25) is 0 Å². The Morgan fingerprint density at radius 3 is 2.18 bits per heavy atom. The zero-order valence-corrected chi connectivity index (χ0v) is 16.8. The van der Waals surface area contributed by atoms with Crippen LogP contribution in [0, 0.1) is 5.82 Å². The highest BCUT2D eigenvalue weighted by atomic mass is 35.5. The Balaban J connectivity index is 0.00000280. The molecule has 28 heavy (non-hydrogen) atoms. The summed E-state index contributed by atoms with van der Waals surface area (Å²) < 4.78 is 18.3. The Labute approximate surface area is 171 Å². The number of carbonyl (C=O) groups is 2. The number of amides is 2. The molecule has 7 nitrogen and oxygen atoms in total. The first-order valence-electron chi connectivity index (χ1n) is 9.49. The molecule has 2 aliphatic heterocycles. The van der Waals surface area contributed by atoms with E-state index in [9.17, 15) is 14.0 Å². The van der Waals surface area contributed by atoms with Crippen LogP contribution < -0.4 is 10.1 Å². The van der Waals surface area contributed by atoms with Gasteiger partial charge in [0.25, 0.3) is 5.91 Å². The maximum Gasteiger partial charge on any atom is 0.260 e. The van der Waals surface area contributed by atoms with Crippen molar-refractivity contribution in [2.24, 2.45) is 0 Å². The van der Waals surface area contributed by atoms with Crippen LogP contribution in [0.15, 0.2) is 24.3 Å². The summed E-state index contributed by atoms with van der Waals surface area (Å²) >= 11 is 0. The Kier molecular flexibility index (Phi) is 8.95. The van der Waals surface area contributed by atoms with E-state index >= 15 is 0 Å². The molecule has 0 aliphatic carbocycles. The monoisotopic (exact) mass is 414 g/mol. The van der Waals surface area contributed by atoms with Gasteiger partial charge in [-0.15, -0.1) is 12.4 Å². The molecule has 2 aliphatic rings. The summed E-state index contributed by atoms with van der Waals surface area (Å²) in [6, 6.07) is 5.63. The number of piperazine rings is 2. The fourth-order valence-electron chi connectivity index (χ4n) is 3.31. The van der Waals surface area contributed by atoms with Crippen LogP contribution in [-0.2, 0) is 9.59 Å². The van der Waals surface area contributed by atoms with E-state index < -0.39 is 0 Å². The maximum atomic E-state index is 12.9. The van der Waals surface area contributed by atoms with E-state index in [4.69, 9.17) is 4.74 Å². The standard InChI is InChI=1S/C19H27FN4O3.ClH/c20-16-1-3-17(4-2-16)27-15-19(26)24-13-11-22(12-14-24)8-5-18(25)23-9-6-21-7-10-23;/h1-4,21H,5-15H2;1H. The Morgan fingerprint density at radius 2 is 1.54 bits per heavy atom. The molecule has 0 radical (unpaired) electrons. The zero-order valence-electron chi connectivity index (χ0n) is 15.9. The SMILES string of the molecule is Cl.O=C(CCN1CCN(C(=O)COc2ccc(F)cc2)CC1)N1CCNCC1. The Hall–Kier alpha value is -1.90. The summed E-state index contributed by atoms with van der Waals surface area (Å²) in [5, 5.41) is 3.25. The van der Waals surface area contributed by atoms with Crippen LogP contribution in [0.4, 0.5) is 4.39 Å². The molecule has 3 rings (SSSR count). The lowest BCUT2D eigenvalue weighted by atomic mass is 10.2. The van der Waals surface area contributed by atoms with Gasteiger partial charge in [0.05, 0.1) is 0 Å². The lowest BCUT2D eigenvalue weighted by molar-refractivity contribution is -0.136. The molecule has 9 heteroatoms. The quantitative estimate of drug-likeness (QED) is 0.738. The second kappa shape index (κ2) is 11.2. The number of nitrogens with zero attached hydrogens (tertiary/aromatic N) is 3. The fraction of sp³-hybridized carbons (Fsp3) is 0.579. The summed E-state index contributed by atoms with van der Waals surface area (Å²) in [5.41, 5.74) is 0. The normalized spacial score (nSPS) is 17.8. The summed E-state index contributed by atoms with van der Waals surface area (Å²) in [5.74, 6) is 0.286. The number of nitrogens with one attached hydrogen (secondary N) is 1. The van der Waals surface area contributed by atoms with Crippen LogP contribution >= 0.6 is 12.4 Å². The molecule has 2 heterocycles. The van der Waals surface area contributed by atoms with Crippen LogP contribution in [0.25, 0.3) is 0 Å². The van der Waals surface area contributed by atoms with Crippen molar-refractivity contribution in [3.8, 4) is 5.75 Å². The predicted molar refractivity (Wildman–Crippen MR) is 106 cm³/mol. The molecule has 0 spiro atoms. The first kappa shape index (κ1) is 22.4. The number of rotatable bonds is 6. The molecule has 0 aromatic heterocycles. The molecule has 156 valence electrons. The minimum absolute atomic E-state index is 0. The van der Waals surface area contributed by atoms with Crippen molar-refractivity contribution in [3.05, 3.63) is 30.1 Å². The highest BCUT2D eigenvalue weighted by Crippen LogP contribution is 2.12. The van der Waals surface area contributed by atoms with Gasteiger partial charge in [0.15, 0.2) is 6.61 Å². The minimum Gasteiger partial charge on any atom is -0.484 e. The van der Waals surface area contributed by atoms with Crippen LogP contribution in [0.1, 0.15) is 6.42 Å². The zero-order chi connectivity index (χ0) is 19.1. The molecule has 1 aromatic carbocycles. The largest absolute Gasteiger partial charge is 0.484 e. The molecule has 0 bridgehead atoms. The highest BCUT2D eigenvalue weighted by Gasteiger charge is 2.23. The summed E-state index contributed by atoms with van der Waals surface area (Å²) in [6.07, 6.45) is 0.529. The molecule has 0 saturated carbocycles. The van der Waals surface area contributed by atoms with E-state index in [1.165, 1.54) is 24.3 Å². The van der Waals surface area contributed by atoms with Crippen LogP contribution in [0.5, 0.6) is 5.75 Å². The van der Waals surface area contributed by atoms with Gasteiger partial charge in [-0.1, -0.05) is 0 Å². The number of halogens is 2. The molecular weight excluding hydrogens is 387 g/mol. The van der Waals surface area contributed by atoms with E-state index in [1.54, 1.807) is 4.90 Å². The number of hydrogen-bond donors (Lipinski definition) is 1. The van der Waals surface area contributed by atoms with E-state index in [0.717, 1.165) is 45.8 Å². The third-order valence-electron chi connectivity index (χ3n) is 5.01. The fourth-order valence-corrected chi connectivity index (χ4v) is 3.31. The first-order chi connectivity index (χ1) is 13.1. The minimum atomic E-state index is -0.333. The molecule has 1 N–H and O–H groups in total. The van der Waals surface area contributed by atoms with Crippen molar-refractivity contribution in [3.63, 3.8) is 0 Å². The molecule has 2 fully saturated rings. The topological polar surface area (TPSA) is 65.1 Å². The molecule has 0 atom stereocenters. The highest BCUT2D eigenvalue weighted by molar-refractivity contribution is 5.85. The van der Waals surface area contributed by atoms with Crippen molar-refractivity contribution < 1.29 is 18.7 Å². The number of ether oxygens (including phenoxy) is 1. The van der Waals surface area contributed by atoms with E-state index in [-0.39, 0.29) is 36.6 Å². The van der Waals surface area contributed by atoms with Crippen LogP contribution in [0.3, 0.4) is 0 Å². The smallest absolute Gasteiger partial charge is 0.260 e. The summed E-state index contributed by atoms with van der Waals surface area (Å²) in [7, 11) is 0. The molecule has 1 aromatic rings. The summed E-state index contributed by atoms with van der Waals surface area (Å²) in [4.78, 5) is 30.4. The lowest BCUT2D eigenvalue weighted by Gasteiger charge is -2.35. The van der Waals surface area contributed by atoms with Gasteiger partial charge >= 0.3 is 0 Å². The van der Waals surface area contributed by atoms with Gasteiger partial charge in [0.2, 0.25) is 5.91 Å². The van der Waals surface area contributed by atoms with Crippen molar-refractivity contribution in [1.29, 1.82) is 0 Å². The number of benzene rings is 1. The maximum absolute atomic E-state index is 12.9. The average Bonchev–Trinajstić information content (AvgIpc) is 2.72. The van der Waals surface area contributed by atoms with E-state index in [1.807, 2.05) is 4.90 Å². The first-order valence-corrected chi connectivity index (χ1v) is 9.49. The Bertz CT molecular complexity index is 633. The van der Waals surface area contributed by atoms with Gasteiger partial charge in [-0.2, -0.15) is 0 Å². The molecule has 0 unspecified atom stereocenters. The lowest BCUT2D eigenvalue weighted by Crippen LogP contribution is -2.51. The predicted octanol–water partition coefficient (Wildman–Crippen LogP) is 0.592.